The SMILES string of the molecule is CC1CN(C(=O)N2CCCCC2C(=O)O)CCS1. The summed E-state index contributed by atoms with van der Waals surface area (Å²) in [6, 6.07) is -0.717. The first kappa shape index (κ1) is 13.5. The Morgan fingerprint density at radius 3 is 2.72 bits per heavy atom. The van der Waals surface area contributed by atoms with Crippen LogP contribution in [0.5, 0.6) is 0 Å². The fourth-order valence-corrected chi connectivity index (χ4v) is 3.60. The summed E-state index contributed by atoms with van der Waals surface area (Å²) >= 11 is 1.86. The predicted molar refractivity (Wildman–Crippen MR) is 70.9 cm³/mol. The van der Waals surface area contributed by atoms with Gasteiger partial charge in [0, 0.05) is 30.6 Å². The summed E-state index contributed by atoms with van der Waals surface area (Å²) in [7, 11) is 0. The van der Waals surface area contributed by atoms with Gasteiger partial charge in [0.1, 0.15) is 6.04 Å². The molecule has 0 radical (unpaired) electrons. The Morgan fingerprint density at radius 2 is 2.06 bits per heavy atom. The third-order valence-electron chi connectivity index (χ3n) is 3.55. The Labute approximate surface area is 112 Å². The molecule has 2 saturated heterocycles. The molecule has 2 unspecified atom stereocenters. The van der Waals surface area contributed by atoms with Crippen molar-refractivity contribution in [1.29, 1.82) is 0 Å². The maximum Gasteiger partial charge on any atom is 0.326 e. The van der Waals surface area contributed by atoms with Crippen LogP contribution in [0, 0.1) is 0 Å². The monoisotopic (exact) mass is 272 g/mol. The average molecular weight is 272 g/mol. The number of thioether (sulfide) groups is 1. The van der Waals surface area contributed by atoms with Crippen LogP contribution in [-0.4, -0.2) is 63.6 Å². The summed E-state index contributed by atoms with van der Waals surface area (Å²) < 4.78 is 0. The molecule has 2 amide bonds. The van der Waals surface area contributed by atoms with Gasteiger partial charge in [0.25, 0.3) is 0 Å². The number of carbonyl (C=O) groups excluding carboxylic acids is 1. The first-order chi connectivity index (χ1) is 8.59. The molecule has 1 N–H and O–H groups in total. The maximum atomic E-state index is 12.4. The van der Waals surface area contributed by atoms with Crippen LogP contribution in [0.15, 0.2) is 0 Å². The van der Waals surface area contributed by atoms with Crippen LogP contribution in [0.25, 0.3) is 0 Å². The molecule has 2 aliphatic rings. The number of aliphatic carboxylic acids is 1. The van der Waals surface area contributed by atoms with Crippen LogP contribution >= 0.6 is 11.8 Å². The molecule has 2 atom stereocenters. The molecule has 102 valence electrons. The summed E-state index contributed by atoms with van der Waals surface area (Å²) in [5.74, 6) is 0.0702. The second kappa shape index (κ2) is 5.82. The zero-order valence-corrected chi connectivity index (χ0v) is 11.5. The van der Waals surface area contributed by atoms with Crippen molar-refractivity contribution in [1.82, 2.24) is 9.80 Å². The van der Waals surface area contributed by atoms with Gasteiger partial charge in [-0.1, -0.05) is 6.92 Å². The topological polar surface area (TPSA) is 60.9 Å². The highest BCUT2D eigenvalue weighted by atomic mass is 32.2. The highest BCUT2D eigenvalue weighted by Gasteiger charge is 2.35. The first-order valence-corrected chi connectivity index (χ1v) is 7.54. The fraction of sp³-hybridized carbons (Fsp3) is 0.833. The molecule has 6 heteroatoms. The van der Waals surface area contributed by atoms with Gasteiger partial charge in [0.05, 0.1) is 0 Å². The van der Waals surface area contributed by atoms with E-state index < -0.39 is 12.0 Å². The second-order valence-electron chi connectivity index (χ2n) is 4.95. The van der Waals surface area contributed by atoms with E-state index in [-0.39, 0.29) is 6.03 Å². The highest BCUT2D eigenvalue weighted by Crippen LogP contribution is 2.23. The molecule has 0 aromatic carbocycles. The number of hydrogen-bond donors (Lipinski definition) is 1. The lowest BCUT2D eigenvalue weighted by molar-refractivity contribution is -0.143. The molecule has 2 fully saturated rings. The molecule has 5 nitrogen and oxygen atoms in total. The van der Waals surface area contributed by atoms with Gasteiger partial charge in [-0.15, -0.1) is 0 Å². The van der Waals surface area contributed by atoms with Gasteiger partial charge >= 0.3 is 12.0 Å². The first-order valence-electron chi connectivity index (χ1n) is 6.49. The van der Waals surface area contributed by atoms with E-state index in [1.807, 2.05) is 16.7 Å². The fourth-order valence-electron chi connectivity index (χ4n) is 2.59. The van der Waals surface area contributed by atoms with Gasteiger partial charge in [-0.2, -0.15) is 11.8 Å². The Morgan fingerprint density at radius 1 is 1.28 bits per heavy atom. The van der Waals surface area contributed by atoms with Crippen molar-refractivity contribution in [2.45, 2.75) is 37.5 Å². The van der Waals surface area contributed by atoms with Crippen LogP contribution < -0.4 is 0 Å². The van der Waals surface area contributed by atoms with Crippen molar-refractivity contribution in [3.63, 3.8) is 0 Å². The Hall–Kier alpha value is -0.910. The van der Waals surface area contributed by atoms with Crippen LogP contribution in [0.1, 0.15) is 26.2 Å². The molecule has 2 rings (SSSR count). The van der Waals surface area contributed by atoms with Crippen molar-refractivity contribution in [2.24, 2.45) is 0 Å². The average Bonchev–Trinajstić information content (AvgIpc) is 2.38. The lowest BCUT2D eigenvalue weighted by atomic mass is 10.0. The van der Waals surface area contributed by atoms with Crippen LogP contribution in [0.3, 0.4) is 0 Å². The van der Waals surface area contributed by atoms with E-state index in [1.54, 1.807) is 4.90 Å². The molecule has 0 aromatic rings. The zero-order valence-electron chi connectivity index (χ0n) is 10.7. The van der Waals surface area contributed by atoms with Crippen LogP contribution in [0.2, 0.25) is 0 Å². The largest absolute Gasteiger partial charge is 0.480 e. The predicted octanol–water partition coefficient (Wildman–Crippen LogP) is 1.48. The highest BCUT2D eigenvalue weighted by molar-refractivity contribution is 7.99. The number of nitrogens with zero attached hydrogens (tertiary/aromatic N) is 2. The van der Waals surface area contributed by atoms with Crippen molar-refractivity contribution >= 4 is 23.8 Å². The maximum absolute atomic E-state index is 12.4. The smallest absolute Gasteiger partial charge is 0.326 e. The van der Waals surface area contributed by atoms with Gasteiger partial charge in [-0.3, -0.25) is 0 Å². The van der Waals surface area contributed by atoms with E-state index in [4.69, 9.17) is 0 Å². The van der Waals surface area contributed by atoms with Crippen molar-refractivity contribution < 1.29 is 14.7 Å². The van der Waals surface area contributed by atoms with Gasteiger partial charge in [-0.25, -0.2) is 9.59 Å². The number of hydrogen-bond acceptors (Lipinski definition) is 3. The summed E-state index contributed by atoms with van der Waals surface area (Å²) in [6.45, 7) is 4.14. The minimum Gasteiger partial charge on any atom is -0.480 e. The number of rotatable bonds is 1. The molecule has 0 bridgehead atoms. The normalized spacial score (nSPS) is 29.2. The second-order valence-corrected chi connectivity index (χ2v) is 6.50. The molecular weight excluding hydrogens is 252 g/mol. The minimum atomic E-state index is -0.873. The van der Waals surface area contributed by atoms with E-state index in [1.165, 1.54) is 0 Å². The number of amides is 2. The Bertz CT molecular complexity index is 337. The van der Waals surface area contributed by atoms with Crippen molar-refractivity contribution in [3.8, 4) is 0 Å². The Kier molecular flexibility index (Phi) is 4.37. The number of urea groups is 1. The summed E-state index contributed by atoms with van der Waals surface area (Å²) in [5.41, 5.74) is 0. The zero-order chi connectivity index (χ0) is 13.1. The molecule has 0 aromatic heterocycles. The summed E-state index contributed by atoms with van der Waals surface area (Å²) in [6.07, 6.45) is 2.39. The molecule has 0 saturated carbocycles. The van der Waals surface area contributed by atoms with Crippen LogP contribution in [-0.2, 0) is 4.79 Å². The number of carboxylic acid groups (broad SMARTS) is 1. The van der Waals surface area contributed by atoms with Gasteiger partial charge in [0.15, 0.2) is 0 Å². The third-order valence-corrected chi connectivity index (χ3v) is 4.68. The van der Waals surface area contributed by atoms with Crippen molar-refractivity contribution in [2.75, 3.05) is 25.4 Å². The Balaban J connectivity index is 2.03. The number of piperidine rings is 1. The van der Waals surface area contributed by atoms with Crippen molar-refractivity contribution in [3.05, 3.63) is 0 Å². The summed E-state index contributed by atoms with van der Waals surface area (Å²) in [5, 5.41) is 9.63. The van der Waals surface area contributed by atoms with E-state index in [2.05, 4.69) is 6.92 Å². The van der Waals surface area contributed by atoms with E-state index in [0.29, 0.717) is 18.2 Å². The minimum absolute atomic E-state index is 0.0887. The summed E-state index contributed by atoms with van der Waals surface area (Å²) in [4.78, 5) is 27.0. The molecule has 0 spiro atoms. The molecule has 0 aliphatic carbocycles. The van der Waals surface area contributed by atoms with Gasteiger partial charge in [0.2, 0.25) is 0 Å². The molecule has 2 heterocycles. The van der Waals surface area contributed by atoms with Gasteiger partial charge in [-0.05, 0) is 19.3 Å². The lowest BCUT2D eigenvalue weighted by Gasteiger charge is -2.39. The van der Waals surface area contributed by atoms with E-state index in [9.17, 15) is 14.7 Å². The van der Waals surface area contributed by atoms with E-state index in [0.717, 1.165) is 31.7 Å². The van der Waals surface area contributed by atoms with E-state index >= 15 is 0 Å². The molecule has 2 aliphatic heterocycles. The number of likely N-dealkylation sites (tertiary alicyclic amines) is 1. The van der Waals surface area contributed by atoms with Crippen LogP contribution in [0.4, 0.5) is 4.79 Å². The molecular formula is C12H20N2O3S. The standard InChI is InChI=1S/C12H20N2O3S/c1-9-8-13(6-7-18-9)12(17)14-5-3-2-4-10(14)11(15)16/h9-10H,2-8H2,1H3,(H,15,16). The lowest BCUT2D eigenvalue weighted by Crippen LogP contribution is -2.55. The van der Waals surface area contributed by atoms with Gasteiger partial charge < -0.3 is 14.9 Å². The number of carboxylic acids is 1. The third kappa shape index (κ3) is 2.91. The number of carbonyl (C=O) groups is 2. The quantitative estimate of drug-likeness (QED) is 0.785. The molecule has 18 heavy (non-hydrogen) atoms.